The van der Waals surface area contributed by atoms with Crippen LogP contribution in [0.4, 0.5) is 11.4 Å². The van der Waals surface area contributed by atoms with Gasteiger partial charge in [0.1, 0.15) is 0 Å². The number of anilines is 2. The molecule has 1 heterocycles. The van der Waals surface area contributed by atoms with Crippen LogP contribution in [0, 0.1) is 0 Å². The maximum absolute atomic E-state index is 12.5. The summed E-state index contributed by atoms with van der Waals surface area (Å²) in [6, 6.07) is 18.2. The molecular weight excluding hydrogens is 406 g/mol. The third-order valence-corrected chi connectivity index (χ3v) is 5.84. The van der Waals surface area contributed by atoms with Crippen molar-refractivity contribution in [1.29, 1.82) is 0 Å². The Labute approximate surface area is 172 Å². The third-order valence-electron chi connectivity index (χ3n) is 4.45. The zero-order valence-corrected chi connectivity index (χ0v) is 16.2. The molecule has 0 saturated heterocycles. The van der Waals surface area contributed by atoms with Crippen LogP contribution in [-0.4, -0.2) is 26.1 Å². The molecule has 0 fully saturated rings. The fraction of sp³-hybridized carbons (Fsp3) is 0. The summed E-state index contributed by atoms with van der Waals surface area (Å²) in [6.07, 6.45) is 0. The Hall–Kier alpha value is -3.98. The molecule has 4 rings (SSSR count). The molecule has 8 nitrogen and oxygen atoms in total. The van der Waals surface area contributed by atoms with Gasteiger partial charge in [-0.25, -0.2) is 8.42 Å². The van der Waals surface area contributed by atoms with Gasteiger partial charge in [0.2, 0.25) is 0 Å². The van der Waals surface area contributed by atoms with Crippen molar-refractivity contribution in [2.45, 2.75) is 4.90 Å². The van der Waals surface area contributed by atoms with Crippen LogP contribution in [-0.2, 0) is 10.0 Å². The summed E-state index contributed by atoms with van der Waals surface area (Å²) in [5.74, 6) is -1.43. The number of nitrogens with one attached hydrogen (secondary N) is 3. The second-order valence-corrected chi connectivity index (χ2v) is 8.18. The molecule has 0 aromatic heterocycles. The van der Waals surface area contributed by atoms with E-state index in [0.29, 0.717) is 16.9 Å². The van der Waals surface area contributed by atoms with Crippen LogP contribution < -0.4 is 15.4 Å². The Balaban J connectivity index is 1.47. The normalized spacial score (nSPS) is 12.8. The van der Waals surface area contributed by atoms with E-state index in [1.165, 1.54) is 54.6 Å². The molecule has 3 N–H and O–H groups in total. The zero-order valence-electron chi connectivity index (χ0n) is 15.4. The second-order valence-electron chi connectivity index (χ2n) is 6.49. The average Bonchev–Trinajstić information content (AvgIpc) is 3.02. The second kappa shape index (κ2) is 7.45. The number of hydrogen-bond donors (Lipinski definition) is 3. The van der Waals surface area contributed by atoms with Gasteiger partial charge in [0.15, 0.2) is 0 Å². The highest BCUT2D eigenvalue weighted by molar-refractivity contribution is 7.92. The molecule has 0 unspecified atom stereocenters. The molecular formula is C21H15N3O5S. The molecule has 0 radical (unpaired) electrons. The van der Waals surface area contributed by atoms with E-state index in [0.717, 1.165) is 0 Å². The summed E-state index contributed by atoms with van der Waals surface area (Å²) < 4.78 is 27.2. The SMILES string of the molecule is O=C(Nc1ccc2c(c1)C(=O)NC2=O)c1ccc(NS(=O)(=O)c2ccccc2)cc1. The number of hydrogen-bond acceptors (Lipinski definition) is 5. The quantitative estimate of drug-likeness (QED) is 0.547. The minimum Gasteiger partial charge on any atom is -0.322 e. The van der Waals surface area contributed by atoms with E-state index in [2.05, 4.69) is 15.4 Å². The van der Waals surface area contributed by atoms with Crippen LogP contribution in [0.25, 0.3) is 0 Å². The highest BCUT2D eigenvalue weighted by atomic mass is 32.2. The summed E-state index contributed by atoms with van der Waals surface area (Å²) >= 11 is 0. The van der Waals surface area contributed by atoms with E-state index in [-0.39, 0.29) is 16.0 Å². The molecule has 1 aliphatic rings. The molecule has 0 saturated carbocycles. The standard InChI is InChI=1S/C21H15N3O5S/c25-19(22-15-10-11-17-18(12-15)21(27)23-20(17)26)13-6-8-14(9-7-13)24-30(28,29)16-4-2-1-3-5-16/h1-12,24H,(H,22,25)(H,23,26,27). The van der Waals surface area contributed by atoms with Crippen molar-refractivity contribution in [3.63, 3.8) is 0 Å². The van der Waals surface area contributed by atoms with Crippen molar-refractivity contribution in [1.82, 2.24) is 5.32 Å². The molecule has 0 aliphatic carbocycles. The number of carbonyl (C=O) groups is 3. The predicted octanol–water partition coefficient (Wildman–Crippen LogP) is 2.62. The molecule has 1 aliphatic heterocycles. The molecule has 3 aromatic carbocycles. The Morgan fingerprint density at radius 3 is 2.10 bits per heavy atom. The van der Waals surface area contributed by atoms with Crippen molar-refractivity contribution in [3.05, 3.63) is 89.5 Å². The van der Waals surface area contributed by atoms with E-state index in [1.807, 2.05) is 0 Å². The van der Waals surface area contributed by atoms with Gasteiger partial charge in [-0.05, 0) is 54.6 Å². The monoisotopic (exact) mass is 421 g/mol. The number of sulfonamides is 1. The molecule has 0 atom stereocenters. The summed E-state index contributed by atoms with van der Waals surface area (Å²) in [6.45, 7) is 0. The Morgan fingerprint density at radius 1 is 0.767 bits per heavy atom. The number of imide groups is 1. The topological polar surface area (TPSA) is 121 Å². The Bertz CT molecular complexity index is 1270. The van der Waals surface area contributed by atoms with Crippen LogP contribution in [0.5, 0.6) is 0 Å². The first kappa shape index (κ1) is 19.3. The fourth-order valence-corrected chi connectivity index (χ4v) is 4.03. The minimum absolute atomic E-state index is 0.131. The van der Waals surface area contributed by atoms with Crippen molar-refractivity contribution in [3.8, 4) is 0 Å². The first-order valence-electron chi connectivity index (χ1n) is 8.82. The molecule has 3 aromatic rings. The summed E-state index contributed by atoms with van der Waals surface area (Å²) in [5, 5.41) is 4.83. The average molecular weight is 421 g/mol. The minimum atomic E-state index is -3.73. The highest BCUT2D eigenvalue weighted by Gasteiger charge is 2.26. The lowest BCUT2D eigenvalue weighted by Crippen LogP contribution is -2.19. The predicted molar refractivity (Wildman–Crippen MR) is 110 cm³/mol. The molecule has 0 spiro atoms. The molecule has 30 heavy (non-hydrogen) atoms. The molecule has 0 bridgehead atoms. The number of benzene rings is 3. The highest BCUT2D eigenvalue weighted by Crippen LogP contribution is 2.21. The van der Waals surface area contributed by atoms with Crippen molar-refractivity contribution in [2.24, 2.45) is 0 Å². The summed E-state index contributed by atoms with van der Waals surface area (Å²) in [5.41, 5.74) is 1.41. The number of carbonyl (C=O) groups excluding carboxylic acids is 3. The lowest BCUT2D eigenvalue weighted by atomic mass is 10.1. The van der Waals surface area contributed by atoms with Gasteiger partial charge >= 0.3 is 0 Å². The van der Waals surface area contributed by atoms with E-state index in [4.69, 9.17) is 0 Å². The van der Waals surface area contributed by atoms with Crippen molar-refractivity contribution < 1.29 is 22.8 Å². The first-order valence-corrected chi connectivity index (χ1v) is 10.3. The lowest BCUT2D eigenvalue weighted by Gasteiger charge is -2.09. The van der Waals surface area contributed by atoms with Gasteiger partial charge in [-0.15, -0.1) is 0 Å². The first-order chi connectivity index (χ1) is 14.3. The molecule has 9 heteroatoms. The van der Waals surface area contributed by atoms with E-state index < -0.39 is 27.7 Å². The van der Waals surface area contributed by atoms with Crippen LogP contribution in [0.3, 0.4) is 0 Å². The molecule has 150 valence electrons. The zero-order chi connectivity index (χ0) is 21.3. The third kappa shape index (κ3) is 3.78. The van der Waals surface area contributed by atoms with Gasteiger partial charge in [0.25, 0.3) is 27.7 Å². The largest absolute Gasteiger partial charge is 0.322 e. The van der Waals surface area contributed by atoms with Gasteiger partial charge in [-0.1, -0.05) is 18.2 Å². The maximum atomic E-state index is 12.5. The number of rotatable bonds is 5. The Morgan fingerprint density at radius 2 is 1.40 bits per heavy atom. The van der Waals surface area contributed by atoms with E-state index in [1.54, 1.807) is 18.2 Å². The number of fused-ring (bicyclic) bond motifs is 1. The van der Waals surface area contributed by atoms with Crippen LogP contribution in [0.2, 0.25) is 0 Å². The van der Waals surface area contributed by atoms with Gasteiger partial charge in [-0.3, -0.25) is 24.4 Å². The fourth-order valence-electron chi connectivity index (χ4n) is 2.95. The smallest absolute Gasteiger partial charge is 0.261 e. The van der Waals surface area contributed by atoms with Crippen LogP contribution in [0.15, 0.2) is 77.7 Å². The number of amides is 3. The van der Waals surface area contributed by atoms with Gasteiger partial charge in [-0.2, -0.15) is 0 Å². The van der Waals surface area contributed by atoms with Crippen molar-refractivity contribution >= 4 is 39.1 Å². The molecule has 3 amide bonds. The van der Waals surface area contributed by atoms with Crippen LogP contribution in [0.1, 0.15) is 31.1 Å². The van der Waals surface area contributed by atoms with Gasteiger partial charge in [0.05, 0.1) is 16.0 Å². The lowest BCUT2D eigenvalue weighted by molar-refractivity contribution is 0.0878. The van der Waals surface area contributed by atoms with E-state index in [9.17, 15) is 22.8 Å². The van der Waals surface area contributed by atoms with Crippen LogP contribution >= 0.6 is 0 Å². The summed E-state index contributed by atoms with van der Waals surface area (Å²) in [7, 11) is -3.73. The Kier molecular flexibility index (Phi) is 4.80. The van der Waals surface area contributed by atoms with Gasteiger partial charge < -0.3 is 5.32 Å². The summed E-state index contributed by atoms with van der Waals surface area (Å²) in [4.78, 5) is 35.9. The van der Waals surface area contributed by atoms with E-state index >= 15 is 0 Å². The van der Waals surface area contributed by atoms with Crippen molar-refractivity contribution in [2.75, 3.05) is 10.0 Å². The van der Waals surface area contributed by atoms with Gasteiger partial charge in [0, 0.05) is 16.9 Å². The maximum Gasteiger partial charge on any atom is 0.261 e.